The lowest BCUT2D eigenvalue weighted by Gasteiger charge is -2.32. The van der Waals surface area contributed by atoms with Gasteiger partial charge in [0.2, 0.25) is 0 Å². The predicted molar refractivity (Wildman–Crippen MR) is 125 cm³/mol. The Morgan fingerprint density at radius 2 is 2.00 bits per heavy atom. The minimum Gasteiger partial charge on any atom is -0.464 e. The smallest absolute Gasteiger partial charge is 0.319 e. The molecule has 0 saturated carbocycles. The third-order valence-electron chi connectivity index (χ3n) is 5.90. The second-order valence-corrected chi connectivity index (χ2v) is 8.43. The summed E-state index contributed by atoms with van der Waals surface area (Å²) in [6.45, 7) is 3.76. The molecule has 3 aromatic rings. The van der Waals surface area contributed by atoms with Gasteiger partial charge < -0.3 is 20.0 Å². The number of anilines is 1. The number of likely N-dealkylation sites (tertiary alicyclic amines) is 1. The monoisotopic (exact) mass is 435 g/mol. The highest BCUT2D eigenvalue weighted by atomic mass is 19.1. The quantitative estimate of drug-likeness (QED) is 0.456. The van der Waals surface area contributed by atoms with Crippen molar-refractivity contribution in [3.63, 3.8) is 0 Å². The lowest BCUT2D eigenvalue weighted by atomic mass is 9.91. The van der Waals surface area contributed by atoms with Crippen LogP contribution < -0.4 is 10.6 Å². The number of hydrogen-bond donors (Lipinski definition) is 2. The zero-order valence-corrected chi connectivity index (χ0v) is 18.2. The molecule has 1 saturated heterocycles. The summed E-state index contributed by atoms with van der Waals surface area (Å²) in [4.78, 5) is 14.7. The fourth-order valence-corrected chi connectivity index (χ4v) is 4.35. The molecule has 0 bridgehead atoms. The Kier molecular flexibility index (Phi) is 7.56. The van der Waals surface area contributed by atoms with E-state index in [1.807, 2.05) is 48.5 Å². The molecule has 2 heterocycles. The summed E-state index contributed by atoms with van der Waals surface area (Å²) in [7, 11) is 0. The molecule has 0 spiro atoms. The Balaban J connectivity index is 1.16. The summed E-state index contributed by atoms with van der Waals surface area (Å²) in [6.07, 6.45) is 5.94. The Morgan fingerprint density at radius 1 is 1.12 bits per heavy atom. The van der Waals surface area contributed by atoms with Crippen LogP contribution in [0.1, 0.15) is 24.8 Å². The van der Waals surface area contributed by atoms with Crippen LogP contribution in [-0.2, 0) is 6.42 Å². The van der Waals surface area contributed by atoms with Crippen LogP contribution in [0.2, 0.25) is 0 Å². The zero-order valence-electron chi connectivity index (χ0n) is 18.2. The van der Waals surface area contributed by atoms with E-state index in [-0.39, 0.29) is 11.8 Å². The number of nitrogens with one attached hydrogen (secondary N) is 2. The molecular formula is C26H30FN3O2. The maximum Gasteiger partial charge on any atom is 0.319 e. The van der Waals surface area contributed by atoms with Gasteiger partial charge in [0.1, 0.15) is 11.6 Å². The highest BCUT2D eigenvalue weighted by molar-refractivity contribution is 5.89. The topological polar surface area (TPSA) is 57.5 Å². The van der Waals surface area contributed by atoms with Gasteiger partial charge >= 0.3 is 6.03 Å². The van der Waals surface area contributed by atoms with E-state index in [0.717, 1.165) is 49.5 Å². The van der Waals surface area contributed by atoms with Crippen molar-refractivity contribution in [1.29, 1.82) is 0 Å². The van der Waals surface area contributed by atoms with Crippen LogP contribution in [0.5, 0.6) is 0 Å². The maximum absolute atomic E-state index is 13.1. The molecule has 1 fully saturated rings. The van der Waals surface area contributed by atoms with E-state index in [1.54, 1.807) is 18.4 Å². The van der Waals surface area contributed by atoms with Crippen molar-refractivity contribution in [2.75, 3.05) is 31.5 Å². The molecule has 1 aromatic heterocycles. The molecule has 2 N–H and O–H groups in total. The molecule has 0 radical (unpaired) electrons. The summed E-state index contributed by atoms with van der Waals surface area (Å²) in [5.41, 5.74) is 2.86. The highest BCUT2D eigenvalue weighted by Gasteiger charge is 2.19. The van der Waals surface area contributed by atoms with E-state index in [9.17, 15) is 9.18 Å². The lowest BCUT2D eigenvalue weighted by Crippen LogP contribution is -2.38. The summed E-state index contributed by atoms with van der Waals surface area (Å²) >= 11 is 0. The van der Waals surface area contributed by atoms with Crippen molar-refractivity contribution in [3.05, 3.63) is 78.3 Å². The fraction of sp³-hybridized carbons (Fsp3) is 0.346. The number of carbonyl (C=O) groups excluding carboxylic acids is 1. The van der Waals surface area contributed by atoms with Crippen molar-refractivity contribution >= 4 is 11.7 Å². The van der Waals surface area contributed by atoms with Crippen LogP contribution in [0.25, 0.3) is 11.3 Å². The number of furan rings is 1. The second kappa shape index (κ2) is 11.0. The van der Waals surface area contributed by atoms with Gasteiger partial charge in [-0.3, -0.25) is 0 Å². The van der Waals surface area contributed by atoms with E-state index in [2.05, 4.69) is 15.5 Å². The molecule has 1 atom stereocenters. The molecule has 1 unspecified atom stereocenters. The van der Waals surface area contributed by atoms with E-state index in [4.69, 9.17) is 4.42 Å². The number of amides is 2. The minimum atomic E-state index is -0.200. The van der Waals surface area contributed by atoms with Crippen molar-refractivity contribution in [2.24, 2.45) is 5.92 Å². The van der Waals surface area contributed by atoms with Crippen LogP contribution >= 0.6 is 0 Å². The van der Waals surface area contributed by atoms with Gasteiger partial charge in [-0.2, -0.15) is 0 Å². The summed E-state index contributed by atoms with van der Waals surface area (Å²) < 4.78 is 18.5. The SMILES string of the molecule is O=C(NCCCN1CCCC(Cc2ccc(F)cc2)C1)Nc1cccc(-c2ccco2)c1. The van der Waals surface area contributed by atoms with Gasteiger partial charge in [0, 0.05) is 24.3 Å². The third-order valence-corrected chi connectivity index (χ3v) is 5.90. The number of urea groups is 1. The minimum absolute atomic E-state index is 0.180. The number of carbonyl (C=O) groups is 1. The zero-order chi connectivity index (χ0) is 22.2. The van der Waals surface area contributed by atoms with Crippen molar-refractivity contribution in [1.82, 2.24) is 10.2 Å². The second-order valence-electron chi connectivity index (χ2n) is 8.43. The Hall–Kier alpha value is -3.12. The fourth-order valence-electron chi connectivity index (χ4n) is 4.35. The van der Waals surface area contributed by atoms with Gasteiger partial charge in [-0.15, -0.1) is 0 Å². The van der Waals surface area contributed by atoms with Gasteiger partial charge in [-0.05, 0) is 86.7 Å². The van der Waals surface area contributed by atoms with Crippen molar-refractivity contribution < 1.29 is 13.6 Å². The normalized spacial score (nSPS) is 16.6. The number of hydrogen-bond acceptors (Lipinski definition) is 3. The summed E-state index contributed by atoms with van der Waals surface area (Å²) in [5.74, 6) is 1.20. The van der Waals surface area contributed by atoms with Gasteiger partial charge in [0.25, 0.3) is 0 Å². The third kappa shape index (κ3) is 6.44. The number of nitrogens with zero attached hydrogens (tertiary/aromatic N) is 1. The van der Waals surface area contributed by atoms with E-state index < -0.39 is 0 Å². The molecule has 32 heavy (non-hydrogen) atoms. The largest absolute Gasteiger partial charge is 0.464 e. The summed E-state index contributed by atoms with van der Waals surface area (Å²) in [5, 5.41) is 5.83. The van der Waals surface area contributed by atoms with Crippen LogP contribution in [0.4, 0.5) is 14.9 Å². The molecule has 0 aliphatic carbocycles. The van der Waals surface area contributed by atoms with Crippen molar-refractivity contribution in [2.45, 2.75) is 25.7 Å². The Labute approximate surface area is 188 Å². The van der Waals surface area contributed by atoms with Crippen LogP contribution in [0, 0.1) is 11.7 Å². The Morgan fingerprint density at radius 3 is 2.81 bits per heavy atom. The molecule has 1 aliphatic rings. The van der Waals surface area contributed by atoms with E-state index in [1.165, 1.54) is 18.4 Å². The molecular weight excluding hydrogens is 405 g/mol. The molecule has 6 heteroatoms. The molecule has 4 rings (SSSR count). The summed E-state index contributed by atoms with van der Waals surface area (Å²) in [6, 6.07) is 18.0. The van der Waals surface area contributed by atoms with Crippen LogP contribution in [0.15, 0.2) is 71.3 Å². The van der Waals surface area contributed by atoms with Gasteiger partial charge in [-0.25, -0.2) is 9.18 Å². The molecule has 2 amide bonds. The number of benzene rings is 2. The maximum atomic E-state index is 13.1. The Bertz CT molecular complexity index is 989. The molecule has 168 valence electrons. The highest BCUT2D eigenvalue weighted by Crippen LogP contribution is 2.23. The first kappa shape index (κ1) is 22.1. The average Bonchev–Trinajstić information content (AvgIpc) is 3.34. The number of piperidine rings is 1. The van der Waals surface area contributed by atoms with E-state index in [0.29, 0.717) is 12.5 Å². The first-order chi connectivity index (χ1) is 15.7. The van der Waals surface area contributed by atoms with Crippen LogP contribution in [0.3, 0.4) is 0 Å². The standard InChI is InChI=1S/C26H30FN3O2/c27-23-11-9-20(10-12-23)17-21-5-2-14-30(19-21)15-4-13-28-26(31)29-24-7-1-6-22(18-24)25-8-3-16-32-25/h1,3,6-12,16,18,21H,2,4-5,13-15,17,19H2,(H2,28,29,31). The van der Waals surface area contributed by atoms with E-state index >= 15 is 0 Å². The predicted octanol–water partition coefficient (Wildman–Crippen LogP) is 5.55. The number of halogens is 1. The molecule has 5 nitrogen and oxygen atoms in total. The molecule has 2 aromatic carbocycles. The first-order valence-electron chi connectivity index (χ1n) is 11.3. The van der Waals surface area contributed by atoms with Gasteiger partial charge in [0.15, 0.2) is 0 Å². The van der Waals surface area contributed by atoms with Crippen LogP contribution in [-0.4, -0.2) is 37.1 Å². The average molecular weight is 436 g/mol. The van der Waals surface area contributed by atoms with Gasteiger partial charge in [-0.1, -0.05) is 24.3 Å². The number of rotatable bonds is 8. The molecule has 1 aliphatic heterocycles. The first-order valence-corrected chi connectivity index (χ1v) is 11.3. The van der Waals surface area contributed by atoms with Gasteiger partial charge in [0.05, 0.1) is 6.26 Å². The lowest BCUT2D eigenvalue weighted by molar-refractivity contribution is 0.172. The van der Waals surface area contributed by atoms with Crippen molar-refractivity contribution in [3.8, 4) is 11.3 Å².